The lowest BCUT2D eigenvalue weighted by molar-refractivity contribution is 0.138. The van der Waals surface area contributed by atoms with Crippen LogP contribution in [0.15, 0.2) is 18.2 Å². The molecule has 0 aliphatic rings. The third-order valence-corrected chi connectivity index (χ3v) is 2.19. The zero-order valence-electron chi connectivity index (χ0n) is 10.1. The molecule has 0 fully saturated rings. The lowest BCUT2D eigenvalue weighted by atomic mass is 10.2. The van der Waals surface area contributed by atoms with Crippen LogP contribution in [0.5, 0.6) is 5.75 Å². The lowest BCUT2D eigenvalue weighted by Crippen LogP contribution is -2.25. The monoisotopic (exact) mass is 257 g/mol. The number of amides is 1. The van der Waals surface area contributed by atoms with Crippen molar-refractivity contribution in [3.63, 3.8) is 0 Å². The van der Waals surface area contributed by atoms with Crippen molar-refractivity contribution in [1.82, 2.24) is 5.32 Å². The van der Waals surface area contributed by atoms with Gasteiger partial charge in [0.25, 0.3) is 0 Å². The zero-order chi connectivity index (χ0) is 13.4. The Labute approximate surface area is 105 Å². The number of aliphatic hydroxyl groups is 1. The molecule has 0 unspecified atom stereocenters. The summed E-state index contributed by atoms with van der Waals surface area (Å²) in [6, 6.07) is 4.33. The Morgan fingerprint density at radius 2 is 2.28 bits per heavy atom. The van der Waals surface area contributed by atoms with E-state index >= 15 is 0 Å². The topological polar surface area (TPSA) is 67.8 Å². The second kappa shape index (κ2) is 7.50. The third kappa shape index (κ3) is 4.58. The first-order chi connectivity index (χ1) is 8.67. The first-order valence-electron chi connectivity index (χ1n) is 5.51. The van der Waals surface area contributed by atoms with Gasteiger partial charge in [-0.1, -0.05) is 6.07 Å². The van der Waals surface area contributed by atoms with E-state index in [1.54, 1.807) is 6.07 Å². The van der Waals surface area contributed by atoms with Gasteiger partial charge in [-0.3, -0.25) is 0 Å². The number of benzene rings is 1. The highest BCUT2D eigenvalue weighted by molar-refractivity contribution is 5.67. The lowest BCUT2D eigenvalue weighted by Gasteiger charge is -2.07. The number of alkyl carbamates (subject to hydrolysis) is 1. The average Bonchev–Trinajstić information content (AvgIpc) is 2.37. The van der Waals surface area contributed by atoms with Crippen molar-refractivity contribution in [3.05, 3.63) is 29.6 Å². The van der Waals surface area contributed by atoms with Crippen molar-refractivity contribution in [3.8, 4) is 5.75 Å². The molecule has 5 nitrogen and oxygen atoms in total. The smallest absolute Gasteiger partial charge is 0.407 e. The number of carbonyl (C=O) groups is 1. The van der Waals surface area contributed by atoms with Gasteiger partial charge in [0.05, 0.1) is 7.11 Å². The van der Waals surface area contributed by atoms with E-state index in [0.717, 1.165) is 0 Å². The molecule has 1 amide bonds. The van der Waals surface area contributed by atoms with Gasteiger partial charge >= 0.3 is 6.09 Å². The van der Waals surface area contributed by atoms with Crippen LogP contribution >= 0.6 is 0 Å². The Balaban J connectivity index is 2.39. The van der Waals surface area contributed by atoms with E-state index in [9.17, 15) is 9.18 Å². The van der Waals surface area contributed by atoms with E-state index in [4.69, 9.17) is 14.6 Å². The van der Waals surface area contributed by atoms with Gasteiger partial charge in [-0.05, 0) is 24.1 Å². The van der Waals surface area contributed by atoms with Crippen LogP contribution in [-0.2, 0) is 11.3 Å². The Kier molecular flexibility index (Phi) is 5.93. The molecule has 1 aromatic carbocycles. The molecule has 0 aromatic heterocycles. The first-order valence-corrected chi connectivity index (χ1v) is 5.51. The maximum atomic E-state index is 13.3. The molecule has 6 heteroatoms. The quantitative estimate of drug-likeness (QED) is 0.757. The van der Waals surface area contributed by atoms with Crippen molar-refractivity contribution in [2.45, 2.75) is 13.0 Å². The number of halogens is 1. The molecule has 0 aliphatic heterocycles. The number of rotatable bonds is 6. The van der Waals surface area contributed by atoms with Crippen LogP contribution in [0.1, 0.15) is 12.0 Å². The minimum absolute atomic E-state index is 0.00394. The van der Waals surface area contributed by atoms with Crippen molar-refractivity contribution >= 4 is 6.09 Å². The fourth-order valence-corrected chi connectivity index (χ4v) is 1.27. The summed E-state index contributed by atoms with van der Waals surface area (Å²) in [5, 5.41) is 11.0. The van der Waals surface area contributed by atoms with Gasteiger partial charge in [0.15, 0.2) is 11.6 Å². The van der Waals surface area contributed by atoms with E-state index < -0.39 is 11.9 Å². The number of hydrogen-bond donors (Lipinski definition) is 2. The number of ether oxygens (including phenoxy) is 2. The summed E-state index contributed by atoms with van der Waals surface area (Å²) in [6.07, 6.45) is -0.133. The Hall–Kier alpha value is -1.82. The minimum atomic E-state index is -0.598. The van der Waals surface area contributed by atoms with E-state index in [0.29, 0.717) is 18.5 Å². The van der Waals surface area contributed by atoms with Gasteiger partial charge in [0, 0.05) is 13.2 Å². The van der Waals surface area contributed by atoms with Crippen LogP contribution in [0.3, 0.4) is 0 Å². The first kappa shape index (κ1) is 14.2. The molecule has 0 aliphatic carbocycles. The molecule has 1 aromatic rings. The van der Waals surface area contributed by atoms with E-state index in [-0.39, 0.29) is 19.0 Å². The molecule has 0 spiro atoms. The molecule has 18 heavy (non-hydrogen) atoms. The van der Waals surface area contributed by atoms with Crippen LogP contribution in [0.4, 0.5) is 9.18 Å². The fourth-order valence-electron chi connectivity index (χ4n) is 1.27. The SMILES string of the molecule is COc1ccc(COC(=O)NCCCO)cc1F. The number of carbonyl (C=O) groups excluding carboxylic acids is 1. The van der Waals surface area contributed by atoms with Crippen LogP contribution in [0.25, 0.3) is 0 Å². The molecule has 0 saturated heterocycles. The molecule has 100 valence electrons. The fraction of sp³-hybridized carbons (Fsp3) is 0.417. The zero-order valence-corrected chi connectivity index (χ0v) is 10.1. The van der Waals surface area contributed by atoms with Gasteiger partial charge in [0.1, 0.15) is 6.61 Å². The predicted molar refractivity (Wildman–Crippen MR) is 62.8 cm³/mol. The average molecular weight is 257 g/mol. The van der Waals surface area contributed by atoms with Crippen LogP contribution in [-0.4, -0.2) is 31.5 Å². The van der Waals surface area contributed by atoms with E-state index in [1.165, 1.54) is 19.2 Å². The van der Waals surface area contributed by atoms with Crippen LogP contribution < -0.4 is 10.1 Å². The number of hydrogen-bond acceptors (Lipinski definition) is 4. The maximum absolute atomic E-state index is 13.3. The van der Waals surface area contributed by atoms with Gasteiger partial charge < -0.3 is 19.9 Å². The Bertz CT molecular complexity index is 398. The summed E-state index contributed by atoms with van der Waals surface area (Å²) in [4.78, 5) is 11.2. The van der Waals surface area contributed by atoms with Gasteiger partial charge in [-0.25, -0.2) is 9.18 Å². The minimum Gasteiger partial charge on any atom is -0.494 e. The molecule has 2 N–H and O–H groups in total. The molecule has 0 atom stereocenters. The maximum Gasteiger partial charge on any atom is 0.407 e. The van der Waals surface area contributed by atoms with Crippen LogP contribution in [0, 0.1) is 5.82 Å². The number of aliphatic hydroxyl groups excluding tert-OH is 1. The van der Waals surface area contributed by atoms with E-state index in [2.05, 4.69) is 5.32 Å². The summed E-state index contributed by atoms with van der Waals surface area (Å²) < 4.78 is 23.0. The third-order valence-electron chi connectivity index (χ3n) is 2.19. The second-order valence-corrected chi connectivity index (χ2v) is 3.55. The summed E-state index contributed by atoms with van der Waals surface area (Å²) in [5.41, 5.74) is 0.533. The van der Waals surface area contributed by atoms with Crippen molar-refractivity contribution in [2.24, 2.45) is 0 Å². The van der Waals surface area contributed by atoms with Gasteiger partial charge in [-0.15, -0.1) is 0 Å². The molecule has 0 bridgehead atoms. The van der Waals surface area contributed by atoms with E-state index in [1.807, 2.05) is 0 Å². The van der Waals surface area contributed by atoms with Crippen molar-refractivity contribution in [2.75, 3.05) is 20.3 Å². The molecule has 0 saturated carbocycles. The predicted octanol–water partition coefficient (Wildman–Crippen LogP) is 1.44. The normalized spacial score (nSPS) is 9.94. The largest absolute Gasteiger partial charge is 0.494 e. The number of methoxy groups -OCH3 is 1. The van der Waals surface area contributed by atoms with Gasteiger partial charge in [0.2, 0.25) is 0 Å². The summed E-state index contributed by atoms with van der Waals surface area (Å²) >= 11 is 0. The molecular weight excluding hydrogens is 241 g/mol. The highest BCUT2D eigenvalue weighted by Crippen LogP contribution is 2.17. The molecular formula is C12H16FNO4. The molecule has 0 radical (unpaired) electrons. The van der Waals surface area contributed by atoms with Crippen molar-refractivity contribution in [1.29, 1.82) is 0 Å². The van der Waals surface area contributed by atoms with Crippen molar-refractivity contribution < 1.29 is 23.8 Å². The summed E-state index contributed by atoms with van der Waals surface area (Å²) in [6.45, 7) is 0.322. The Morgan fingerprint density at radius 3 is 2.89 bits per heavy atom. The summed E-state index contributed by atoms with van der Waals surface area (Å²) in [5.74, 6) is -0.356. The second-order valence-electron chi connectivity index (χ2n) is 3.55. The standard InChI is InChI=1S/C12H16FNO4/c1-17-11-4-3-9(7-10(11)13)8-18-12(16)14-5-2-6-15/h3-4,7,15H,2,5-6,8H2,1H3,(H,14,16). The van der Waals surface area contributed by atoms with Crippen LogP contribution in [0.2, 0.25) is 0 Å². The highest BCUT2D eigenvalue weighted by atomic mass is 19.1. The van der Waals surface area contributed by atoms with Gasteiger partial charge in [-0.2, -0.15) is 0 Å². The Morgan fingerprint density at radius 1 is 1.50 bits per heavy atom. The molecule has 1 rings (SSSR count). The molecule has 0 heterocycles. The highest BCUT2D eigenvalue weighted by Gasteiger charge is 2.06. The number of nitrogens with one attached hydrogen (secondary N) is 1. The summed E-state index contributed by atoms with van der Waals surface area (Å²) in [7, 11) is 1.38.